The van der Waals surface area contributed by atoms with E-state index in [-0.39, 0.29) is 17.3 Å². The summed E-state index contributed by atoms with van der Waals surface area (Å²) in [5, 5.41) is 7.55. The molecule has 0 amide bonds. The third-order valence-electron chi connectivity index (χ3n) is 6.12. The summed E-state index contributed by atoms with van der Waals surface area (Å²) in [7, 11) is -1.27. The number of nitrogens with zero attached hydrogens (tertiary/aromatic N) is 4. The van der Waals surface area contributed by atoms with E-state index >= 15 is 4.39 Å². The lowest BCUT2D eigenvalue weighted by molar-refractivity contribution is 0.0882. The molecule has 0 unspecified atom stereocenters. The van der Waals surface area contributed by atoms with Gasteiger partial charge < -0.3 is 9.30 Å². The topological polar surface area (TPSA) is 68.6 Å². The molecular formula is C27H26ClF2N5OSi. The number of aromatic nitrogens is 5. The molecule has 5 aromatic rings. The fourth-order valence-corrected chi connectivity index (χ4v) is 4.98. The Labute approximate surface area is 219 Å². The van der Waals surface area contributed by atoms with Crippen molar-refractivity contribution in [3.63, 3.8) is 0 Å². The van der Waals surface area contributed by atoms with Crippen LogP contribution in [0.1, 0.15) is 0 Å². The summed E-state index contributed by atoms with van der Waals surface area (Å²) >= 11 is 6.06. The third kappa shape index (κ3) is 5.48. The van der Waals surface area contributed by atoms with Gasteiger partial charge in [0.1, 0.15) is 18.4 Å². The minimum atomic E-state index is -1.27. The van der Waals surface area contributed by atoms with E-state index in [0.717, 1.165) is 39.7 Å². The van der Waals surface area contributed by atoms with Crippen LogP contribution in [-0.4, -0.2) is 39.4 Å². The van der Waals surface area contributed by atoms with Gasteiger partial charge in [-0.05, 0) is 30.3 Å². The van der Waals surface area contributed by atoms with Gasteiger partial charge in [0, 0.05) is 60.8 Å². The largest absolute Gasteiger partial charge is 0.361 e. The van der Waals surface area contributed by atoms with Crippen LogP contribution in [0.3, 0.4) is 0 Å². The first kappa shape index (κ1) is 25.3. The highest BCUT2D eigenvalue weighted by atomic mass is 35.5. The van der Waals surface area contributed by atoms with Gasteiger partial charge >= 0.3 is 0 Å². The molecule has 0 bridgehead atoms. The van der Waals surface area contributed by atoms with Gasteiger partial charge in [0.15, 0.2) is 0 Å². The second-order valence-electron chi connectivity index (χ2n) is 10.1. The number of aromatic amines is 1. The quantitative estimate of drug-likeness (QED) is 0.127. The molecule has 3 aromatic heterocycles. The molecule has 1 N–H and O–H groups in total. The molecule has 0 spiro atoms. The van der Waals surface area contributed by atoms with E-state index < -0.39 is 19.7 Å². The minimum Gasteiger partial charge on any atom is -0.361 e. The van der Waals surface area contributed by atoms with Gasteiger partial charge in [-0.1, -0.05) is 37.3 Å². The monoisotopic (exact) mass is 537 g/mol. The smallest absolute Gasteiger partial charge is 0.144 e. The molecule has 0 atom stereocenters. The molecule has 37 heavy (non-hydrogen) atoms. The maximum Gasteiger partial charge on any atom is 0.144 e. The number of hydrogen-bond donors (Lipinski definition) is 1. The second-order valence-corrected chi connectivity index (χ2v) is 16.2. The van der Waals surface area contributed by atoms with Crippen molar-refractivity contribution in [2.75, 3.05) is 6.61 Å². The van der Waals surface area contributed by atoms with Crippen LogP contribution in [0.2, 0.25) is 30.7 Å². The number of rotatable bonds is 8. The summed E-state index contributed by atoms with van der Waals surface area (Å²) in [5.74, 6) is -1.54. The number of ether oxygens (including phenoxy) is 1. The van der Waals surface area contributed by atoms with Crippen molar-refractivity contribution in [2.24, 2.45) is 0 Å². The fraction of sp³-hybridized carbons (Fsp3) is 0.222. The average molecular weight is 538 g/mol. The van der Waals surface area contributed by atoms with Crippen molar-refractivity contribution in [3.05, 3.63) is 78.0 Å². The highest BCUT2D eigenvalue weighted by Gasteiger charge is 2.21. The predicted octanol–water partition coefficient (Wildman–Crippen LogP) is 7.40. The molecule has 0 saturated carbocycles. The van der Waals surface area contributed by atoms with Crippen molar-refractivity contribution in [1.29, 1.82) is 0 Å². The first-order chi connectivity index (χ1) is 17.7. The Hall–Kier alpha value is -3.40. The number of imidazole rings is 1. The Bertz CT molecular complexity index is 1560. The molecule has 5 rings (SSSR count). The van der Waals surface area contributed by atoms with Gasteiger partial charge in [0.05, 0.1) is 34.5 Å². The van der Waals surface area contributed by atoms with Gasteiger partial charge in [0.2, 0.25) is 0 Å². The van der Waals surface area contributed by atoms with Crippen LogP contribution < -0.4 is 0 Å². The Kier molecular flexibility index (Phi) is 6.93. The fourth-order valence-electron chi connectivity index (χ4n) is 4.06. The van der Waals surface area contributed by atoms with Gasteiger partial charge in [-0.15, -0.1) is 0 Å². The Morgan fingerprint density at radius 1 is 0.973 bits per heavy atom. The summed E-state index contributed by atoms with van der Waals surface area (Å²) in [5.41, 5.74) is 4.55. The van der Waals surface area contributed by atoms with Gasteiger partial charge in [-0.3, -0.25) is 10.1 Å². The van der Waals surface area contributed by atoms with Crippen LogP contribution in [-0.2, 0) is 11.5 Å². The van der Waals surface area contributed by atoms with E-state index in [1.54, 1.807) is 29.5 Å². The van der Waals surface area contributed by atoms with Crippen molar-refractivity contribution < 1.29 is 13.5 Å². The number of pyridine rings is 1. The number of nitrogens with one attached hydrogen (secondary N) is 1. The normalized spacial score (nSPS) is 11.9. The van der Waals surface area contributed by atoms with Crippen molar-refractivity contribution in [1.82, 2.24) is 24.7 Å². The van der Waals surface area contributed by atoms with Crippen molar-refractivity contribution >= 4 is 30.6 Å². The van der Waals surface area contributed by atoms with Crippen LogP contribution >= 0.6 is 11.6 Å². The maximum atomic E-state index is 15.1. The first-order valence-corrected chi connectivity index (χ1v) is 16.0. The summed E-state index contributed by atoms with van der Waals surface area (Å²) in [6.45, 7) is 7.60. The van der Waals surface area contributed by atoms with Crippen LogP contribution in [0.4, 0.5) is 8.78 Å². The molecule has 10 heteroatoms. The van der Waals surface area contributed by atoms with Crippen LogP contribution in [0, 0.1) is 11.6 Å². The van der Waals surface area contributed by atoms with E-state index in [0.29, 0.717) is 18.0 Å². The molecule has 0 aliphatic rings. The van der Waals surface area contributed by atoms with Gasteiger partial charge in [0.25, 0.3) is 0 Å². The maximum absolute atomic E-state index is 15.1. The molecule has 0 radical (unpaired) electrons. The lowest BCUT2D eigenvalue weighted by Gasteiger charge is -2.17. The number of benzene rings is 2. The van der Waals surface area contributed by atoms with Crippen LogP contribution in [0.25, 0.3) is 44.5 Å². The first-order valence-electron chi connectivity index (χ1n) is 11.9. The highest BCUT2D eigenvalue weighted by molar-refractivity contribution is 6.76. The van der Waals surface area contributed by atoms with Gasteiger partial charge in [-0.25, -0.2) is 13.8 Å². The SMILES string of the molecule is C[Si](C)(C)CCOCn1cnc(-c2ccc3ncc(-c4cn[nH]c4)cc3c2)c1-c1cc(Cl)c(F)cc1F. The second kappa shape index (κ2) is 10.2. The third-order valence-corrected chi connectivity index (χ3v) is 8.11. The number of H-pyrrole nitrogens is 1. The van der Waals surface area contributed by atoms with E-state index in [1.165, 1.54) is 6.07 Å². The predicted molar refractivity (Wildman–Crippen MR) is 145 cm³/mol. The summed E-state index contributed by atoms with van der Waals surface area (Å²) in [6.07, 6.45) is 6.94. The van der Waals surface area contributed by atoms with Crippen LogP contribution in [0.15, 0.2) is 61.3 Å². The molecule has 0 aliphatic heterocycles. The lowest BCUT2D eigenvalue weighted by Crippen LogP contribution is -2.22. The molecule has 3 heterocycles. The summed E-state index contributed by atoms with van der Waals surface area (Å²) < 4.78 is 36.7. The molecule has 0 fully saturated rings. The molecule has 6 nitrogen and oxygen atoms in total. The molecule has 190 valence electrons. The zero-order valence-electron chi connectivity index (χ0n) is 20.7. The minimum absolute atomic E-state index is 0.151. The number of fused-ring (bicyclic) bond motifs is 1. The average Bonchev–Trinajstić information content (AvgIpc) is 3.53. The van der Waals surface area contributed by atoms with Crippen molar-refractivity contribution in [2.45, 2.75) is 32.4 Å². The molecule has 0 saturated heterocycles. The van der Waals surface area contributed by atoms with Crippen molar-refractivity contribution in [3.8, 4) is 33.6 Å². The lowest BCUT2D eigenvalue weighted by atomic mass is 10.0. The van der Waals surface area contributed by atoms with Crippen LogP contribution in [0.5, 0.6) is 0 Å². The molecule has 0 aliphatic carbocycles. The zero-order valence-corrected chi connectivity index (χ0v) is 22.5. The Morgan fingerprint density at radius 3 is 2.54 bits per heavy atom. The van der Waals surface area contributed by atoms with E-state index in [9.17, 15) is 4.39 Å². The Balaban J connectivity index is 1.58. The van der Waals surface area contributed by atoms with E-state index in [1.807, 2.05) is 24.3 Å². The zero-order chi connectivity index (χ0) is 26.2. The summed E-state index contributed by atoms with van der Waals surface area (Å²) in [6, 6.07) is 10.8. The van der Waals surface area contributed by atoms with Gasteiger partial charge in [-0.2, -0.15) is 5.10 Å². The van der Waals surface area contributed by atoms with E-state index in [4.69, 9.17) is 16.3 Å². The summed E-state index contributed by atoms with van der Waals surface area (Å²) in [4.78, 5) is 9.18. The molecular weight excluding hydrogens is 512 g/mol. The number of halogens is 3. The molecule has 2 aromatic carbocycles. The number of hydrogen-bond acceptors (Lipinski definition) is 4. The highest BCUT2D eigenvalue weighted by Crippen LogP contribution is 2.36. The van der Waals surface area contributed by atoms with E-state index in [2.05, 4.69) is 39.8 Å². The standard InChI is InChI=1S/C27H26ClF2N5OSi/c1-37(2,3)7-6-36-16-35-15-32-26(27(35)21-10-22(28)24(30)11-23(21)29)17-4-5-25-18(8-17)9-19(12-31-25)20-13-33-34-14-20/h4-5,8-15H,6-7,16H2,1-3H3,(H,33,34). The Morgan fingerprint density at radius 2 is 1.78 bits per heavy atom.